The fraction of sp³-hybridized carbons (Fsp3) is 0.606. The number of carbonyl (C=O) groups excluding carboxylic acids is 1. The molecular weight excluding hydrogens is 541 g/mol. The molecule has 8 heteroatoms. The lowest BCUT2D eigenvalue weighted by atomic mass is 9.72. The summed E-state index contributed by atoms with van der Waals surface area (Å²) >= 11 is 6.30. The van der Waals surface area contributed by atoms with Crippen molar-refractivity contribution in [3.63, 3.8) is 0 Å². The van der Waals surface area contributed by atoms with Crippen molar-refractivity contribution in [3.8, 4) is 11.1 Å². The third kappa shape index (κ3) is 8.22. The number of likely N-dealkylation sites (N-methyl/N-ethyl adjacent to an activating group) is 1. The van der Waals surface area contributed by atoms with Crippen LogP contribution in [0.4, 0.5) is 9.18 Å². The Balaban J connectivity index is 1.59. The van der Waals surface area contributed by atoms with Crippen molar-refractivity contribution in [2.24, 2.45) is 11.8 Å². The molecule has 2 amide bonds. The van der Waals surface area contributed by atoms with Crippen LogP contribution in [0.5, 0.6) is 0 Å². The zero-order valence-electron chi connectivity index (χ0n) is 24.6. The highest BCUT2D eigenvalue weighted by molar-refractivity contribution is 6.30. The third-order valence-electron chi connectivity index (χ3n) is 9.00. The number of aliphatic hydroxyl groups is 1. The van der Waals surface area contributed by atoms with Crippen molar-refractivity contribution < 1.29 is 19.0 Å². The lowest BCUT2D eigenvalue weighted by Gasteiger charge is -2.44. The first-order valence-corrected chi connectivity index (χ1v) is 15.7. The molecule has 2 aliphatic rings. The molecule has 1 saturated carbocycles. The standard InChI is InChI=1S/C33H47ClFN3O3/c1-36-22-28(20-24-10-3-4-11-24)37-32(39)38-18-9-13-26(23-38)33(40,17-5-6-19-41-2)29-15-8-16-30(35)31(29)25-12-7-14-27(34)21-25/h7-8,12,14-16,21,24,26,28,36,40H,3-6,9-11,13,17-20,22-23H2,1-2H3,(H,37,39). The van der Waals surface area contributed by atoms with Crippen molar-refractivity contribution >= 4 is 17.6 Å². The van der Waals surface area contributed by atoms with E-state index in [1.165, 1.54) is 31.7 Å². The van der Waals surface area contributed by atoms with E-state index in [-0.39, 0.29) is 18.0 Å². The summed E-state index contributed by atoms with van der Waals surface area (Å²) in [5.41, 5.74) is 0.226. The maximum Gasteiger partial charge on any atom is 0.317 e. The molecule has 1 heterocycles. The van der Waals surface area contributed by atoms with Crippen LogP contribution in [0, 0.1) is 17.7 Å². The Morgan fingerprint density at radius 2 is 1.95 bits per heavy atom. The monoisotopic (exact) mass is 587 g/mol. The first-order valence-electron chi connectivity index (χ1n) is 15.3. The van der Waals surface area contributed by atoms with Gasteiger partial charge in [-0.1, -0.05) is 61.5 Å². The first-order chi connectivity index (χ1) is 19.9. The van der Waals surface area contributed by atoms with Crippen LogP contribution >= 0.6 is 11.6 Å². The highest BCUT2D eigenvalue weighted by atomic mass is 35.5. The minimum atomic E-state index is -1.33. The number of ether oxygens (including phenoxy) is 1. The van der Waals surface area contributed by atoms with E-state index in [9.17, 15) is 9.90 Å². The zero-order chi connectivity index (χ0) is 29.2. The molecule has 2 aromatic carbocycles. The fourth-order valence-corrected chi connectivity index (χ4v) is 7.12. The molecule has 226 valence electrons. The Hall–Kier alpha value is -2.19. The summed E-state index contributed by atoms with van der Waals surface area (Å²) in [6.45, 7) is 2.37. The quantitative estimate of drug-likeness (QED) is 0.227. The molecule has 3 N–H and O–H groups in total. The smallest absolute Gasteiger partial charge is 0.317 e. The number of nitrogens with one attached hydrogen (secondary N) is 2. The van der Waals surface area contributed by atoms with Gasteiger partial charge in [-0.05, 0) is 80.8 Å². The van der Waals surface area contributed by atoms with E-state index in [1.807, 2.05) is 24.1 Å². The van der Waals surface area contributed by atoms with E-state index < -0.39 is 11.4 Å². The van der Waals surface area contributed by atoms with Crippen molar-refractivity contribution in [2.75, 3.05) is 40.4 Å². The SMILES string of the molecule is CNCC(CC1CCCC1)NC(=O)N1CCCC(C(O)(CCCCOC)c2cccc(F)c2-c2cccc(Cl)c2)C1. The van der Waals surface area contributed by atoms with Gasteiger partial charge in [-0.2, -0.15) is 0 Å². The van der Waals surface area contributed by atoms with Crippen LogP contribution in [0.25, 0.3) is 11.1 Å². The number of urea groups is 1. The van der Waals surface area contributed by atoms with E-state index in [0.717, 1.165) is 32.2 Å². The molecule has 0 spiro atoms. The van der Waals surface area contributed by atoms with Gasteiger partial charge in [0.05, 0.1) is 5.60 Å². The van der Waals surface area contributed by atoms with Crippen LogP contribution < -0.4 is 10.6 Å². The number of benzene rings is 2. The van der Waals surface area contributed by atoms with Gasteiger partial charge >= 0.3 is 6.03 Å². The molecule has 0 bridgehead atoms. The van der Waals surface area contributed by atoms with Crippen molar-refractivity contribution in [1.29, 1.82) is 0 Å². The van der Waals surface area contributed by atoms with E-state index in [1.54, 1.807) is 31.4 Å². The Bertz CT molecular complexity index is 1130. The van der Waals surface area contributed by atoms with Crippen LogP contribution in [0.3, 0.4) is 0 Å². The van der Waals surface area contributed by atoms with Gasteiger partial charge in [0, 0.05) is 55.9 Å². The van der Waals surface area contributed by atoms with Crippen molar-refractivity contribution in [1.82, 2.24) is 15.5 Å². The van der Waals surface area contributed by atoms with Crippen LogP contribution in [-0.2, 0) is 10.3 Å². The molecule has 0 radical (unpaired) electrons. The molecule has 0 aromatic heterocycles. The molecule has 1 saturated heterocycles. The normalized spacial score (nSPS) is 20.1. The highest BCUT2D eigenvalue weighted by Gasteiger charge is 2.43. The average Bonchev–Trinajstić information content (AvgIpc) is 3.48. The number of unbranched alkanes of at least 4 members (excludes halogenated alkanes) is 1. The van der Waals surface area contributed by atoms with Gasteiger partial charge in [-0.3, -0.25) is 0 Å². The largest absolute Gasteiger partial charge is 0.385 e. The number of rotatable bonds is 13. The Kier molecular flexibility index (Phi) is 11.9. The molecule has 6 nitrogen and oxygen atoms in total. The van der Waals surface area contributed by atoms with Crippen LogP contribution in [0.15, 0.2) is 42.5 Å². The topological polar surface area (TPSA) is 73.8 Å². The Morgan fingerprint density at radius 3 is 2.68 bits per heavy atom. The van der Waals surface area contributed by atoms with E-state index in [4.69, 9.17) is 16.3 Å². The molecule has 2 aromatic rings. The summed E-state index contributed by atoms with van der Waals surface area (Å²) in [7, 11) is 3.59. The predicted octanol–water partition coefficient (Wildman–Crippen LogP) is 6.74. The average molecular weight is 588 g/mol. The molecule has 3 atom stereocenters. The number of amides is 2. The van der Waals surface area contributed by atoms with E-state index in [2.05, 4.69) is 10.6 Å². The number of methoxy groups -OCH3 is 1. The summed E-state index contributed by atoms with van der Waals surface area (Å²) < 4.78 is 20.8. The van der Waals surface area contributed by atoms with E-state index in [0.29, 0.717) is 60.2 Å². The fourth-order valence-electron chi connectivity index (χ4n) is 6.93. The number of halogens is 2. The number of nitrogens with zero attached hydrogens (tertiary/aromatic N) is 1. The maximum atomic E-state index is 15.5. The molecule has 2 fully saturated rings. The number of piperidine rings is 1. The second-order valence-corrected chi connectivity index (χ2v) is 12.4. The van der Waals surface area contributed by atoms with Crippen molar-refractivity contribution in [2.45, 2.75) is 75.9 Å². The number of hydrogen-bond acceptors (Lipinski definition) is 4. The van der Waals surface area contributed by atoms with Crippen LogP contribution in [0.2, 0.25) is 5.02 Å². The molecule has 41 heavy (non-hydrogen) atoms. The summed E-state index contributed by atoms with van der Waals surface area (Å²) in [4.78, 5) is 15.4. The van der Waals surface area contributed by atoms with Gasteiger partial charge in [-0.25, -0.2) is 9.18 Å². The highest BCUT2D eigenvalue weighted by Crippen LogP contribution is 2.44. The summed E-state index contributed by atoms with van der Waals surface area (Å²) in [6.07, 6.45) is 9.47. The van der Waals surface area contributed by atoms with Gasteiger partial charge in [0.25, 0.3) is 0 Å². The molecule has 1 aliphatic carbocycles. The zero-order valence-corrected chi connectivity index (χ0v) is 25.4. The number of hydrogen-bond donors (Lipinski definition) is 3. The maximum absolute atomic E-state index is 15.5. The summed E-state index contributed by atoms with van der Waals surface area (Å²) in [6, 6.07) is 12.0. The molecular formula is C33H47ClFN3O3. The minimum Gasteiger partial charge on any atom is -0.385 e. The molecule has 1 aliphatic heterocycles. The lowest BCUT2D eigenvalue weighted by Crippen LogP contribution is -2.54. The minimum absolute atomic E-state index is 0.0709. The Labute approximate surface area is 250 Å². The summed E-state index contributed by atoms with van der Waals surface area (Å²) in [5, 5.41) is 19.6. The summed E-state index contributed by atoms with van der Waals surface area (Å²) in [5.74, 6) is 0.0204. The van der Waals surface area contributed by atoms with Gasteiger partial charge in [-0.15, -0.1) is 0 Å². The number of likely N-dealkylation sites (tertiary alicyclic amines) is 1. The molecule has 3 unspecified atom stereocenters. The van der Waals surface area contributed by atoms with Gasteiger partial charge in [0.1, 0.15) is 5.82 Å². The molecule has 4 rings (SSSR count). The van der Waals surface area contributed by atoms with Gasteiger partial charge in [0.2, 0.25) is 0 Å². The number of carbonyl (C=O) groups is 1. The Morgan fingerprint density at radius 1 is 1.17 bits per heavy atom. The third-order valence-corrected chi connectivity index (χ3v) is 9.24. The lowest BCUT2D eigenvalue weighted by molar-refractivity contribution is -0.0561. The van der Waals surface area contributed by atoms with Crippen LogP contribution in [0.1, 0.15) is 69.8 Å². The van der Waals surface area contributed by atoms with Gasteiger partial charge in [0.15, 0.2) is 0 Å². The van der Waals surface area contributed by atoms with Crippen molar-refractivity contribution in [3.05, 3.63) is 58.9 Å². The van der Waals surface area contributed by atoms with Crippen LogP contribution in [-0.4, -0.2) is 62.5 Å². The first kappa shape index (κ1) is 31.7. The predicted molar refractivity (Wildman–Crippen MR) is 164 cm³/mol. The second-order valence-electron chi connectivity index (χ2n) is 11.9. The van der Waals surface area contributed by atoms with Gasteiger partial charge < -0.3 is 25.4 Å². The second kappa shape index (κ2) is 15.3. The van der Waals surface area contributed by atoms with E-state index >= 15 is 4.39 Å².